The van der Waals surface area contributed by atoms with E-state index in [0.29, 0.717) is 5.89 Å². The molecule has 25 heavy (non-hydrogen) atoms. The Hall–Kier alpha value is -1.79. The summed E-state index contributed by atoms with van der Waals surface area (Å²) >= 11 is 0. The molecule has 6 heteroatoms. The van der Waals surface area contributed by atoms with Crippen LogP contribution in [0.15, 0.2) is 28.8 Å². The lowest BCUT2D eigenvalue weighted by Crippen LogP contribution is -2.44. The van der Waals surface area contributed by atoms with E-state index in [-0.39, 0.29) is 17.3 Å². The number of benzene rings is 1. The zero-order valence-electron chi connectivity index (χ0n) is 14.7. The van der Waals surface area contributed by atoms with Crippen LogP contribution in [0.3, 0.4) is 0 Å². The summed E-state index contributed by atoms with van der Waals surface area (Å²) in [4.78, 5) is 7.09. The van der Waals surface area contributed by atoms with Gasteiger partial charge < -0.3 is 9.84 Å². The number of hydrogen-bond donors (Lipinski definition) is 1. The van der Waals surface area contributed by atoms with Crippen LogP contribution < -0.4 is 5.32 Å². The molecule has 1 unspecified atom stereocenters. The van der Waals surface area contributed by atoms with Gasteiger partial charge in [0.1, 0.15) is 5.82 Å². The second kappa shape index (κ2) is 6.84. The van der Waals surface area contributed by atoms with Crippen molar-refractivity contribution in [1.29, 1.82) is 0 Å². The van der Waals surface area contributed by atoms with Gasteiger partial charge in [0.25, 0.3) is 0 Å². The SMILES string of the molecule is CN1CCNCC1c1noc(C2(c3ccc(F)cc3)CCCCC2)n1. The van der Waals surface area contributed by atoms with Crippen molar-refractivity contribution < 1.29 is 8.91 Å². The minimum absolute atomic E-state index is 0.139. The number of aromatic nitrogens is 2. The molecule has 1 aromatic heterocycles. The molecule has 1 saturated carbocycles. The Morgan fingerprint density at radius 1 is 1.20 bits per heavy atom. The fourth-order valence-corrected chi connectivity index (χ4v) is 4.21. The van der Waals surface area contributed by atoms with Gasteiger partial charge in [0.15, 0.2) is 5.82 Å². The van der Waals surface area contributed by atoms with Crippen LogP contribution >= 0.6 is 0 Å². The highest BCUT2D eigenvalue weighted by Crippen LogP contribution is 2.44. The molecule has 2 heterocycles. The Labute approximate surface area is 147 Å². The van der Waals surface area contributed by atoms with Gasteiger partial charge in [-0.3, -0.25) is 4.90 Å². The molecule has 1 aliphatic carbocycles. The zero-order valence-corrected chi connectivity index (χ0v) is 14.7. The molecule has 1 saturated heterocycles. The Bertz CT molecular complexity index is 708. The number of piperazine rings is 1. The maximum Gasteiger partial charge on any atom is 0.237 e. The molecule has 1 atom stereocenters. The van der Waals surface area contributed by atoms with E-state index in [9.17, 15) is 4.39 Å². The zero-order chi connectivity index (χ0) is 17.3. The van der Waals surface area contributed by atoms with E-state index < -0.39 is 0 Å². The molecular formula is C19H25FN4O. The maximum atomic E-state index is 13.4. The maximum absolute atomic E-state index is 13.4. The van der Waals surface area contributed by atoms with Crippen LogP contribution in [0, 0.1) is 5.82 Å². The summed E-state index contributed by atoms with van der Waals surface area (Å²) in [6.07, 6.45) is 5.41. The van der Waals surface area contributed by atoms with Crippen LogP contribution in [0.1, 0.15) is 55.4 Å². The largest absolute Gasteiger partial charge is 0.338 e. The first-order valence-corrected chi connectivity index (χ1v) is 9.20. The molecule has 2 fully saturated rings. The van der Waals surface area contributed by atoms with Crippen molar-refractivity contribution in [3.8, 4) is 0 Å². The molecule has 2 aliphatic rings. The Morgan fingerprint density at radius 3 is 2.68 bits per heavy atom. The Morgan fingerprint density at radius 2 is 1.96 bits per heavy atom. The van der Waals surface area contributed by atoms with Gasteiger partial charge in [-0.2, -0.15) is 4.98 Å². The lowest BCUT2D eigenvalue weighted by Gasteiger charge is -2.34. The quantitative estimate of drug-likeness (QED) is 0.927. The van der Waals surface area contributed by atoms with Crippen molar-refractivity contribution in [2.24, 2.45) is 0 Å². The van der Waals surface area contributed by atoms with E-state index in [0.717, 1.165) is 56.7 Å². The molecule has 1 aromatic carbocycles. The van der Waals surface area contributed by atoms with Crippen LogP contribution in [0.2, 0.25) is 0 Å². The number of halogens is 1. The molecule has 1 aliphatic heterocycles. The van der Waals surface area contributed by atoms with E-state index in [1.165, 1.54) is 18.6 Å². The molecule has 2 aromatic rings. The Balaban J connectivity index is 1.69. The fraction of sp³-hybridized carbons (Fsp3) is 0.579. The molecule has 0 amide bonds. The van der Waals surface area contributed by atoms with Crippen LogP contribution in [0.5, 0.6) is 0 Å². The highest BCUT2D eigenvalue weighted by atomic mass is 19.1. The van der Waals surface area contributed by atoms with E-state index in [4.69, 9.17) is 9.51 Å². The summed E-state index contributed by atoms with van der Waals surface area (Å²) < 4.78 is 19.2. The summed E-state index contributed by atoms with van der Waals surface area (Å²) in [6.45, 7) is 2.79. The summed E-state index contributed by atoms with van der Waals surface area (Å²) in [5.74, 6) is 1.22. The van der Waals surface area contributed by atoms with Crippen molar-refractivity contribution in [2.75, 3.05) is 26.7 Å². The molecule has 5 nitrogen and oxygen atoms in total. The van der Waals surface area contributed by atoms with Gasteiger partial charge in [-0.1, -0.05) is 36.6 Å². The second-order valence-corrected chi connectivity index (χ2v) is 7.31. The topological polar surface area (TPSA) is 54.2 Å². The predicted octanol–water partition coefficient (Wildman–Crippen LogP) is 3.04. The van der Waals surface area contributed by atoms with Gasteiger partial charge in [-0.15, -0.1) is 0 Å². The number of rotatable bonds is 3. The minimum Gasteiger partial charge on any atom is -0.338 e. The minimum atomic E-state index is -0.280. The van der Waals surface area contributed by atoms with Crippen molar-refractivity contribution in [3.63, 3.8) is 0 Å². The molecule has 1 N–H and O–H groups in total. The standard InChI is InChI=1S/C19H25FN4O/c1-24-12-11-21-13-16(24)17-22-18(25-23-17)19(9-3-2-4-10-19)14-5-7-15(20)8-6-14/h5-8,16,21H,2-4,9-13H2,1H3. The van der Waals surface area contributed by atoms with E-state index >= 15 is 0 Å². The third-order valence-corrected chi connectivity index (χ3v) is 5.76. The van der Waals surface area contributed by atoms with Crippen molar-refractivity contribution in [1.82, 2.24) is 20.4 Å². The summed E-state index contributed by atoms with van der Waals surface area (Å²) in [5.41, 5.74) is 0.802. The molecule has 0 spiro atoms. The van der Waals surface area contributed by atoms with Crippen molar-refractivity contribution >= 4 is 0 Å². The van der Waals surface area contributed by atoms with E-state index in [1.54, 1.807) is 0 Å². The first-order chi connectivity index (χ1) is 12.2. The van der Waals surface area contributed by atoms with Crippen LogP contribution in [-0.4, -0.2) is 41.7 Å². The smallest absolute Gasteiger partial charge is 0.237 e. The number of nitrogens with one attached hydrogen (secondary N) is 1. The number of nitrogens with zero attached hydrogens (tertiary/aromatic N) is 3. The van der Waals surface area contributed by atoms with Crippen LogP contribution in [0.4, 0.5) is 4.39 Å². The lowest BCUT2D eigenvalue weighted by atomic mass is 9.69. The monoisotopic (exact) mass is 344 g/mol. The first-order valence-electron chi connectivity index (χ1n) is 9.20. The third-order valence-electron chi connectivity index (χ3n) is 5.76. The molecule has 134 valence electrons. The van der Waals surface area contributed by atoms with Gasteiger partial charge in [0, 0.05) is 19.6 Å². The fourth-order valence-electron chi connectivity index (χ4n) is 4.21. The third kappa shape index (κ3) is 3.09. The average Bonchev–Trinajstić information content (AvgIpc) is 3.14. The average molecular weight is 344 g/mol. The predicted molar refractivity (Wildman–Crippen MR) is 92.8 cm³/mol. The summed E-state index contributed by atoms with van der Waals surface area (Å²) in [5, 5.41) is 7.71. The number of hydrogen-bond acceptors (Lipinski definition) is 5. The first kappa shape index (κ1) is 16.7. The van der Waals surface area contributed by atoms with Gasteiger partial charge >= 0.3 is 0 Å². The molecule has 0 radical (unpaired) electrons. The summed E-state index contributed by atoms with van der Waals surface area (Å²) in [6, 6.07) is 6.95. The van der Waals surface area contributed by atoms with Gasteiger partial charge in [0.2, 0.25) is 5.89 Å². The highest BCUT2D eigenvalue weighted by Gasteiger charge is 2.41. The van der Waals surface area contributed by atoms with E-state index in [1.807, 2.05) is 12.1 Å². The highest BCUT2D eigenvalue weighted by molar-refractivity contribution is 5.33. The molecule has 0 bridgehead atoms. The van der Waals surface area contributed by atoms with Gasteiger partial charge in [0.05, 0.1) is 11.5 Å². The van der Waals surface area contributed by atoms with Crippen molar-refractivity contribution in [3.05, 3.63) is 47.4 Å². The van der Waals surface area contributed by atoms with Gasteiger partial charge in [-0.05, 0) is 37.6 Å². The molecular weight excluding hydrogens is 319 g/mol. The lowest BCUT2D eigenvalue weighted by molar-refractivity contribution is 0.189. The second-order valence-electron chi connectivity index (χ2n) is 7.31. The Kier molecular flexibility index (Phi) is 4.56. The number of likely N-dealkylation sites (N-methyl/N-ethyl adjacent to an activating group) is 1. The normalized spacial score (nSPS) is 24.3. The molecule has 4 rings (SSSR count). The van der Waals surface area contributed by atoms with Crippen LogP contribution in [-0.2, 0) is 5.41 Å². The van der Waals surface area contributed by atoms with Crippen molar-refractivity contribution in [2.45, 2.75) is 43.6 Å². The van der Waals surface area contributed by atoms with E-state index in [2.05, 4.69) is 22.4 Å². The van der Waals surface area contributed by atoms with Gasteiger partial charge in [-0.25, -0.2) is 4.39 Å². The van der Waals surface area contributed by atoms with Crippen LogP contribution in [0.25, 0.3) is 0 Å². The summed E-state index contributed by atoms with van der Waals surface area (Å²) in [7, 11) is 2.10.